The van der Waals surface area contributed by atoms with E-state index in [1.54, 1.807) is 9.58 Å². The highest BCUT2D eigenvalue weighted by Gasteiger charge is 2.49. The third-order valence-corrected chi connectivity index (χ3v) is 9.92. The number of benzene rings is 2. The lowest BCUT2D eigenvalue weighted by Crippen LogP contribution is -2.40. The van der Waals surface area contributed by atoms with E-state index < -0.39 is 8.32 Å². The SMILES string of the molecule is C[C@@H]1[C@@H]([Si](C)(C)O)[C@H](CCn2cc(CCO)nn2)O[C@@H]1CCc1ccc(N(C=O)c2ccccc2)cc1. The number of nitrogens with zero attached hydrogens (tertiary/aromatic N) is 4. The lowest BCUT2D eigenvalue weighted by Gasteiger charge is -2.30. The number of rotatable bonds is 12. The number of carbonyl (C=O) groups is 1. The van der Waals surface area contributed by atoms with Crippen LogP contribution in [0.1, 0.15) is 31.0 Å². The predicted molar refractivity (Wildman–Crippen MR) is 146 cm³/mol. The number of carbonyl (C=O) groups excluding carboxylic acids is 1. The van der Waals surface area contributed by atoms with Crippen LogP contribution in [-0.2, 0) is 28.9 Å². The van der Waals surface area contributed by atoms with Gasteiger partial charge in [0.2, 0.25) is 6.41 Å². The molecule has 4 atom stereocenters. The Kier molecular flexibility index (Phi) is 8.91. The highest BCUT2D eigenvalue weighted by Crippen LogP contribution is 2.45. The molecule has 2 aromatic carbocycles. The summed E-state index contributed by atoms with van der Waals surface area (Å²) in [6.45, 7) is 6.94. The number of ether oxygens (including phenoxy) is 1. The summed E-state index contributed by atoms with van der Waals surface area (Å²) in [4.78, 5) is 24.4. The second-order valence-electron chi connectivity index (χ2n) is 10.5. The molecule has 0 unspecified atom stereocenters. The van der Waals surface area contributed by atoms with E-state index in [1.165, 1.54) is 5.56 Å². The molecule has 1 aliphatic heterocycles. The monoisotopic (exact) mass is 522 g/mol. The third kappa shape index (κ3) is 6.73. The molecule has 0 aliphatic carbocycles. The van der Waals surface area contributed by atoms with E-state index in [2.05, 4.69) is 29.4 Å². The molecule has 37 heavy (non-hydrogen) atoms. The summed E-state index contributed by atoms with van der Waals surface area (Å²) in [5, 5.41) is 17.4. The van der Waals surface area contributed by atoms with Crippen molar-refractivity contribution in [1.29, 1.82) is 0 Å². The van der Waals surface area contributed by atoms with E-state index in [0.717, 1.165) is 42.7 Å². The fraction of sp³-hybridized carbons (Fsp3) is 0.464. The molecule has 9 heteroatoms. The van der Waals surface area contributed by atoms with Gasteiger partial charge in [-0.05, 0) is 68.1 Å². The summed E-state index contributed by atoms with van der Waals surface area (Å²) in [7, 11) is -2.44. The maximum atomic E-state index is 11.7. The van der Waals surface area contributed by atoms with Crippen LogP contribution in [0.15, 0.2) is 60.8 Å². The molecule has 2 heterocycles. The fourth-order valence-electron chi connectivity index (χ4n) is 5.61. The Labute approximate surface area is 220 Å². The molecular formula is C28H38N4O4Si. The van der Waals surface area contributed by atoms with Crippen molar-refractivity contribution in [3.05, 3.63) is 72.1 Å². The molecule has 4 rings (SSSR count). The molecule has 1 amide bonds. The van der Waals surface area contributed by atoms with Gasteiger partial charge < -0.3 is 14.6 Å². The van der Waals surface area contributed by atoms with Crippen molar-refractivity contribution in [3.8, 4) is 0 Å². The van der Waals surface area contributed by atoms with Crippen LogP contribution >= 0.6 is 0 Å². The third-order valence-electron chi connectivity index (χ3n) is 7.39. The van der Waals surface area contributed by atoms with Gasteiger partial charge in [0.15, 0.2) is 8.32 Å². The minimum absolute atomic E-state index is 0.0217. The minimum atomic E-state index is -2.44. The molecule has 0 saturated carbocycles. The van der Waals surface area contributed by atoms with Gasteiger partial charge in [0.25, 0.3) is 0 Å². The molecule has 1 saturated heterocycles. The summed E-state index contributed by atoms with van der Waals surface area (Å²) in [5.41, 5.74) is 3.78. The largest absolute Gasteiger partial charge is 0.432 e. The first-order valence-electron chi connectivity index (χ1n) is 13.1. The summed E-state index contributed by atoms with van der Waals surface area (Å²) in [6, 6.07) is 17.7. The Morgan fingerprint density at radius 2 is 1.73 bits per heavy atom. The van der Waals surface area contributed by atoms with Crippen LogP contribution < -0.4 is 4.90 Å². The summed E-state index contributed by atoms with van der Waals surface area (Å²) in [6.07, 6.45) is 5.76. The number of anilines is 2. The van der Waals surface area contributed by atoms with Gasteiger partial charge in [-0.1, -0.05) is 42.5 Å². The number of aromatic nitrogens is 3. The number of aryl methyl sites for hydroxylation is 2. The van der Waals surface area contributed by atoms with Crippen LogP contribution in [0.4, 0.5) is 11.4 Å². The van der Waals surface area contributed by atoms with E-state index in [9.17, 15) is 9.59 Å². The maximum Gasteiger partial charge on any atom is 0.218 e. The number of aliphatic hydroxyl groups excluding tert-OH is 1. The Morgan fingerprint density at radius 3 is 2.38 bits per heavy atom. The van der Waals surface area contributed by atoms with Crippen molar-refractivity contribution in [2.45, 2.75) is 70.0 Å². The average molecular weight is 523 g/mol. The topological polar surface area (TPSA) is 101 Å². The second-order valence-corrected chi connectivity index (χ2v) is 14.5. The van der Waals surface area contributed by atoms with Crippen LogP contribution in [0.2, 0.25) is 18.6 Å². The van der Waals surface area contributed by atoms with Crippen molar-refractivity contribution in [3.63, 3.8) is 0 Å². The Balaban J connectivity index is 1.37. The molecule has 1 aromatic heterocycles. The lowest BCUT2D eigenvalue weighted by molar-refractivity contribution is -0.106. The average Bonchev–Trinajstić information content (AvgIpc) is 3.47. The summed E-state index contributed by atoms with van der Waals surface area (Å²) < 4.78 is 8.37. The zero-order valence-corrected chi connectivity index (χ0v) is 22.9. The number of aliphatic hydroxyl groups is 1. The molecule has 1 fully saturated rings. The number of para-hydroxylation sites is 1. The Morgan fingerprint density at radius 1 is 1.03 bits per heavy atom. The molecule has 198 valence electrons. The van der Waals surface area contributed by atoms with Crippen LogP contribution in [0.25, 0.3) is 0 Å². The Hall–Kier alpha value is -2.85. The molecule has 0 spiro atoms. The van der Waals surface area contributed by atoms with Gasteiger partial charge in [-0.2, -0.15) is 0 Å². The van der Waals surface area contributed by atoms with Crippen molar-refractivity contribution >= 4 is 26.1 Å². The van der Waals surface area contributed by atoms with Gasteiger partial charge >= 0.3 is 0 Å². The van der Waals surface area contributed by atoms with Crippen LogP contribution in [0, 0.1) is 5.92 Å². The normalized spacial score (nSPS) is 21.8. The second kappa shape index (κ2) is 12.1. The fourth-order valence-corrected chi connectivity index (χ4v) is 8.26. The summed E-state index contributed by atoms with van der Waals surface area (Å²) >= 11 is 0. The number of amides is 1. The zero-order valence-electron chi connectivity index (χ0n) is 21.9. The van der Waals surface area contributed by atoms with Crippen molar-refractivity contribution in [1.82, 2.24) is 15.0 Å². The van der Waals surface area contributed by atoms with Gasteiger partial charge in [0, 0.05) is 42.7 Å². The van der Waals surface area contributed by atoms with Crippen LogP contribution in [0.5, 0.6) is 0 Å². The van der Waals surface area contributed by atoms with Gasteiger partial charge in [-0.15, -0.1) is 5.10 Å². The molecule has 1 aliphatic rings. The van der Waals surface area contributed by atoms with E-state index in [-0.39, 0.29) is 30.3 Å². The van der Waals surface area contributed by atoms with Gasteiger partial charge in [-0.25, -0.2) is 0 Å². The zero-order chi connectivity index (χ0) is 26.4. The molecule has 3 aromatic rings. The maximum absolute atomic E-state index is 11.7. The first-order valence-corrected chi connectivity index (χ1v) is 16.1. The van der Waals surface area contributed by atoms with Crippen LogP contribution in [0.3, 0.4) is 0 Å². The van der Waals surface area contributed by atoms with Crippen molar-refractivity contribution in [2.24, 2.45) is 5.92 Å². The standard InChI is InChI=1S/C28H38N4O4Si/c1-21-26(14-11-22-9-12-25(13-10-22)32(20-34)24-7-5-4-6-8-24)36-27(28(21)37(2,3)35)15-17-31-19-23(16-18-33)29-30-31/h4-10,12-13,19-21,26-28,33,35H,11,14-18H2,1-3H3/t21-,26+,27-,28+/m0/s1. The van der Waals surface area contributed by atoms with Crippen LogP contribution in [-0.4, -0.2) is 58.4 Å². The van der Waals surface area contributed by atoms with E-state index in [0.29, 0.717) is 13.0 Å². The molecular weight excluding hydrogens is 484 g/mol. The number of hydrogen-bond donors (Lipinski definition) is 2. The molecule has 2 N–H and O–H groups in total. The van der Waals surface area contributed by atoms with Gasteiger partial charge in [0.05, 0.1) is 17.9 Å². The molecule has 0 bridgehead atoms. The first-order chi connectivity index (χ1) is 17.8. The molecule has 0 radical (unpaired) electrons. The highest BCUT2D eigenvalue weighted by molar-refractivity contribution is 6.71. The highest BCUT2D eigenvalue weighted by atomic mass is 28.4. The lowest BCUT2D eigenvalue weighted by atomic mass is 9.95. The van der Waals surface area contributed by atoms with E-state index >= 15 is 0 Å². The summed E-state index contributed by atoms with van der Waals surface area (Å²) in [5.74, 6) is 0.264. The quantitative estimate of drug-likeness (QED) is 0.274. The van der Waals surface area contributed by atoms with Crippen molar-refractivity contribution < 1.29 is 19.4 Å². The predicted octanol–water partition coefficient (Wildman–Crippen LogP) is 4.10. The van der Waals surface area contributed by atoms with E-state index in [1.807, 2.05) is 61.8 Å². The number of hydrogen-bond acceptors (Lipinski definition) is 6. The van der Waals surface area contributed by atoms with E-state index in [4.69, 9.17) is 9.84 Å². The molecule has 8 nitrogen and oxygen atoms in total. The first kappa shape index (κ1) is 27.2. The van der Waals surface area contributed by atoms with Gasteiger partial charge in [0.1, 0.15) is 0 Å². The minimum Gasteiger partial charge on any atom is -0.432 e. The Bertz CT molecular complexity index is 1130. The smallest absolute Gasteiger partial charge is 0.218 e. The van der Waals surface area contributed by atoms with Crippen molar-refractivity contribution in [2.75, 3.05) is 11.5 Å². The van der Waals surface area contributed by atoms with Gasteiger partial charge in [-0.3, -0.25) is 14.4 Å².